The number of ketones is 1. The highest BCUT2D eigenvalue weighted by molar-refractivity contribution is 5.89. The molecule has 3 aliphatic rings. The molecular formula is C9H10O2. The zero-order valence-electron chi connectivity index (χ0n) is 6.25. The van der Waals surface area contributed by atoms with E-state index in [1.807, 2.05) is 0 Å². The fraction of sp³-hybridized carbons (Fsp3) is 0.667. The minimum atomic E-state index is 0.187. The maximum atomic E-state index is 11.3. The third-order valence-corrected chi connectivity index (χ3v) is 3.39. The summed E-state index contributed by atoms with van der Waals surface area (Å²) in [5.41, 5.74) is 1.14. The SMILES string of the molecule is C=C1[C@@H]2C(=O)C[C@@H]3OC[C@H]1[C@H]23. The van der Waals surface area contributed by atoms with Crippen LogP contribution in [0.2, 0.25) is 0 Å². The van der Waals surface area contributed by atoms with Crippen LogP contribution >= 0.6 is 0 Å². The quantitative estimate of drug-likeness (QED) is 0.477. The summed E-state index contributed by atoms with van der Waals surface area (Å²) in [6, 6.07) is 0. The Morgan fingerprint density at radius 3 is 3.18 bits per heavy atom. The molecule has 0 N–H and O–H groups in total. The topological polar surface area (TPSA) is 26.3 Å². The van der Waals surface area contributed by atoms with Crippen molar-refractivity contribution in [2.75, 3.05) is 6.61 Å². The molecule has 0 aromatic carbocycles. The summed E-state index contributed by atoms with van der Waals surface area (Å²) in [5, 5.41) is 0. The maximum Gasteiger partial charge on any atom is 0.142 e. The molecule has 3 fully saturated rings. The van der Waals surface area contributed by atoms with Gasteiger partial charge in [-0.05, 0) is 0 Å². The lowest BCUT2D eigenvalue weighted by atomic mass is 9.64. The molecule has 0 aromatic heterocycles. The van der Waals surface area contributed by atoms with E-state index in [0.717, 1.165) is 12.2 Å². The van der Waals surface area contributed by atoms with Gasteiger partial charge in [-0.2, -0.15) is 0 Å². The Hall–Kier alpha value is -0.630. The number of carbonyl (C=O) groups excluding carboxylic acids is 1. The fourth-order valence-corrected chi connectivity index (χ4v) is 2.81. The van der Waals surface area contributed by atoms with Crippen molar-refractivity contribution >= 4 is 5.78 Å². The van der Waals surface area contributed by atoms with Crippen molar-refractivity contribution in [2.24, 2.45) is 17.8 Å². The Kier molecular flexibility index (Phi) is 0.856. The molecular weight excluding hydrogens is 140 g/mol. The molecule has 0 spiro atoms. The van der Waals surface area contributed by atoms with Gasteiger partial charge in [0.25, 0.3) is 0 Å². The van der Waals surface area contributed by atoms with Crippen LogP contribution in [0.5, 0.6) is 0 Å². The average molecular weight is 150 g/mol. The van der Waals surface area contributed by atoms with Crippen molar-refractivity contribution in [1.82, 2.24) is 0 Å². The lowest BCUT2D eigenvalue weighted by Crippen LogP contribution is -2.39. The first kappa shape index (κ1) is 5.95. The molecule has 2 nitrogen and oxygen atoms in total. The van der Waals surface area contributed by atoms with Crippen LogP contribution in [0.4, 0.5) is 0 Å². The van der Waals surface area contributed by atoms with Gasteiger partial charge in [0.05, 0.1) is 12.7 Å². The van der Waals surface area contributed by atoms with Gasteiger partial charge in [-0.1, -0.05) is 12.2 Å². The monoisotopic (exact) mass is 150 g/mol. The van der Waals surface area contributed by atoms with Crippen LogP contribution in [-0.4, -0.2) is 18.5 Å². The number of Topliss-reactive ketones (excluding diaryl/α,β-unsaturated/α-hetero) is 1. The number of hydrogen-bond acceptors (Lipinski definition) is 2. The second kappa shape index (κ2) is 1.58. The molecule has 1 heterocycles. The summed E-state index contributed by atoms with van der Waals surface area (Å²) in [7, 11) is 0. The first-order valence-corrected chi connectivity index (χ1v) is 4.12. The Labute approximate surface area is 65.2 Å². The summed E-state index contributed by atoms with van der Waals surface area (Å²) in [6.07, 6.45) is 0.896. The van der Waals surface area contributed by atoms with Crippen LogP contribution in [0.1, 0.15) is 6.42 Å². The van der Waals surface area contributed by atoms with E-state index in [9.17, 15) is 4.79 Å². The molecule has 11 heavy (non-hydrogen) atoms. The minimum absolute atomic E-state index is 0.187. The van der Waals surface area contributed by atoms with Crippen molar-refractivity contribution in [2.45, 2.75) is 12.5 Å². The van der Waals surface area contributed by atoms with Crippen LogP contribution in [0, 0.1) is 17.8 Å². The van der Waals surface area contributed by atoms with Gasteiger partial charge in [-0.25, -0.2) is 0 Å². The average Bonchev–Trinajstić information content (AvgIpc) is 2.37. The lowest BCUT2D eigenvalue weighted by molar-refractivity contribution is -0.122. The molecule has 4 atom stereocenters. The maximum absolute atomic E-state index is 11.3. The minimum Gasteiger partial charge on any atom is -0.377 e. The van der Waals surface area contributed by atoms with Crippen molar-refractivity contribution < 1.29 is 9.53 Å². The van der Waals surface area contributed by atoms with E-state index in [-0.39, 0.29) is 12.0 Å². The summed E-state index contributed by atoms with van der Waals surface area (Å²) < 4.78 is 5.49. The van der Waals surface area contributed by atoms with Gasteiger partial charge in [0.1, 0.15) is 5.78 Å². The van der Waals surface area contributed by atoms with E-state index >= 15 is 0 Å². The normalized spacial score (nSPS) is 52.7. The highest BCUT2D eigenvalue weighted by atomic mass is 16.5. The van der Waals surface area contributed by atoms with Gasteiger partial charge >= 0.3 is 0 Å². The Morgan fingerprint density at radius 2 is 2.36 bits per heavy atom. The molecule has 0 aromatic rings. The molecule has 1 saturated heterocycles. The third kappa shape index (κ3) is 0.486. The predicted molar refractivity (Wildman–Crippen MR) is 39.0 cm³/mol. The smallest absolute Gasteiger partial charge is 0.142 e. The molecule has 0 unspecified atom stereocenters. The zero-order valence-corrected chi connectivity index (χ0v) is 6.25. The fourth-order valence-electron chi connectivity index (χ4n) is 2.81. The summed E-state index contributed by atoms with van der Waals surface area (Å²) in [5.74, 6) is 1.60. The molecule has 3 rings (SSSR count). The Morgan fingerprint density at radius 1 is 1.55 bits per heavy atom. The van der Waals surface area contributed by atoms with E-state index in [1.54, 1.807) is 0 Å². The summed E-state index contributed by atoms with van der Waals surface area (Å²) >= 11 is 0. The van der Waals surface area contributed by atoms with E-state index in [2.05, 4.69) is 6.58 Å². The predicted octanol–water partition coefficient (Wildman–Crippen LogP) is 0.776. The molecule has 1 aliphatic heterocycles. The number of hydrogen-bond donors (Lipinski definition) is 0. The van der Waals surface area contributed by atoms with Gasteiger partial charge in [0, 0.05) is 24.2 Å². The molecule has 0 radical (unpaired) electrons. The van der Waals surface area contributed by atoms with Gasteiger partial charge in [-0.15, -0.1) is 0 Å². The Balaban J connectivity index is 2.04. The van der Waals surface area contributed by atoms with Crippen LogP contribution in [0.25, 0.3) is 0 Å². The molecule has 58 valence electrons. The molecule has 2 saturated carbocycles. The Bertz CT molecular complexity index is 256. The molecule has 2 heteroatoms. The highest BCUT2D eigenvalue weighted by Crippen LogP contribution is 2.57. The van der Waals surface area contributed by atoms with Crippen LogP contribution in [-0.2, 0) is 9.53 Å². The van der Waals surface area contributed by atoms with Crippen molar-refractivity contribution in [3.63, 3.8) is 0 Å². The first-order valence-electron chi connectivity index (χ1n) is 4.12. The van der Waals surface area contributed by atoms with E-state index in [1.165, 1.54) is 0 Å². The van der Waals surface area contributed by atoms with Gasteiger partial charge in [-0.3, -0.25) is 4.79 Å². The van der Waals surface area contributed by atoms with Crippen LogP contribution in [0.3, 0.4) is 0 Å². The lowest BCUT2D eigenvalue weighted by Gasteiger charge is -2.37. The van der Waals surface area contributed by atoms with Gasteiger partial charge in [0.2, 0.25) is 0 Å². The summed E-state index contributed by atoms with van der Waals surface area (Å²) in [4.78, 5) is 11.3. The van der Waals surface area contributed by atoms with Crippen molar-refractivity contribution in [3.05, 3.63) is 12.2 Å². The molecule has 2 aliphatic carbocycles. The summed E-state index contributed by atoms with van der Waals surface area (Å²) in [6.45, 7) is 4.75. The number of ether oxygens (including phenoxy) is 1. The first-order chi connectivity index (χ1) is 5.29. The number of carbonyl (C=O) groups is 1. The molecule has 0 amide bonds. The highest BCUT2D eigenvalue weighted by Gasteiger charge is 2.60. The second-order valence-electron chi connectivity index (χ2n) is 3.78. The van der Waals surface area contributed by atoms with Crippen LogP contribution < -0.4 is 0 Å². The third-order valence-electron chi connectivity index (χ3n) is 3.39. The zero-order chi connectivity index (χ0) is 7.59. The second-order valence-corrected chi connectivity index (χ2v) is 3.78. The number of rotatable bonds is 0. The van der Waals surface area contributed by atoms with Crippen LogP contribution in [0.15, 0.2) is 12.2 Å². The van der Waals surface area contributed by atoms with E-state index in [4.69, 9.17) is 4.74 Å². The van der Waals surface area contributed by atoms with Gasteiger partial charge in [0.15, 0.2) is 0 Å². The van der Waals surface area contributed by atoms with Crippen molar-refractivity contribution in [1.29, 1.82) is 0 Å². The largest absolute Gasteiger partial charge is 0.377 e. The van der Waals surface area contributed by atoms with E-state index < -0.39 is 0 Å². The standard InChI is InChI=1S/C9H10O2/c1-4-5-3-11-7-2-6(10)8(4)9(5)7/h5,7-9H,1-3H2/t5-,7+,8-,9+/m1/s1. The van der Waals surface area contributed by atoms with Gasteiger partial charge < -0.3 is 4.74 Å². The van der Waals surface area contributed by atoms with Crippen molar-refractivity contribution in [3.8, 4) is 0 Å². The molecule has 0 bridgehead atoms. The van der Waals surface area contributed by atoms with E-state index in [0.29, 0.717) is 24.0 Å².